The number of hydrogen-bond acceptors (Lipinski definition) is 4. The van der Waals surface area contributed by atoms with E-state index in [1.807, 2.05) is 17.0 Å². The number of carbonyl (C=O) groups is 1. The van der Waals surface area contributed by atoms with Crippen molar-refractivity contribution in [3.05, 3.63) is 64.7 Å². The van der Waals surface area contributed by atoms with Gasteiger partial charge in [0.25, 0.3) is 0 Å². The van der Waals surface area contributed by atoms with E-state index in [9.17, 15) is 4.79 Å². The van der Waals surface area contributed by atoms with E-state index in [4.69, 9.17) is 9.47 Å². The van der Waals surface area contributed by atoms with Crippen LogP contribution in [0.25, 0.3) is 0 Å². The second-order valence-electron chi connectivity index (χ2n) is 7.66. The normalized spacial score (nSPS) is 17.5. The molecule has 148 valence electrons. The van der Waals surface area contributed by atoms with Gasteiger partial charge in [-0.25, -0.2) is 0 Å². The van der Waals surface area contributed by atoms with Crippen LogP contribution in [0.5, 0.6) is 5.75 Å². The number of carbonyl (C=O) groups excluding carboxylic acids is 1. The van der Waals surface area contributed by atoms with Crippen molar-refractivity contribution < 1.29 is 14.3 Å². The van der Waals surface area contributed by atoms with Gasteiger partial charge in [-0.05, 0) is 30.2 Å². The van der Waals surface area contributed by atoms with E-state index in [0.717, 1.165) is 49.7 Å². The number of amides is 1. The maximum atomic E-state index is 12.9. The fourth-order valence-electron chi connectivity index (χ4n) is 3.88. The lowest BCUT2D eigenvalue weighted by molar-refractivity contribution is -0.131. The lowest BCUT2D eigenvalue weighted by Gasteiger charge is -2.27. The van der Waals surface area contributed by atoms with E-state index in [0.29, 0.717) is 26.1 Å². The van der Waals surface area contributed by atoms with E-state index in [-0.39, 0.29) is 5.91 Å². The molecule has 0 N–H and O–H groups in total. The summed E-state index contributed by atoms with van der Waals surface area (Å²) in [6.07, 6.45) is 0.435. The maximum Gasteiger partial charge on any atom is 0.227 e. The summed E-state index contributed by atoms with van der Waals surface area (Å²) < 4.78 is 11.4. The summed E-state index contributed by atoms with van der Waals surface area (Å²) in [4.78, 5) is 17.2. The molecule has 2 heterocycles. The minimum Gasteiger partial charge on any atom is -0.491 e. The summed E-state index contributed by atoms with van der Waals surface area (Å²) in [6, 6.07) is 14.6. The molecule has 0 atom stereocenters. The highest BCUT2D eigenvalue weighted by atomic mass is 16.5. The van der Waals surface area contributed by atoms with Gasteiger partial charge in [0.2, 0.25) is 5.91 Å². The predicted molar refractivity (Wildman–Crippen MR) is 108 cm³/mol. The number of morpholine rings is 1. The van der Waals surface area contributed by atoms with Gasteiger partial charge in [-0.1, -0.05) is 35.9 Å². The molecule has 5 heteroatoms. The van der Waals surface area contributed by atoms with Crippen LogP contribution in [-0.4, -0.2) is 55.2 Å². The first-order chi connectivity index (χ1) is 13.7. The second kappa shape index (κ2) is 8.76. The van der Waals surface area contributed by atoms with Crippen molar-refractivity contribution in [2.45, 2.75) is 26.4 Å². The number of rotatable bonds is 4. The average Bonchev–Trinajstić information content (AvgIpc) is 2.91. The molecule has 0 bridgehead atoms. The van der Waals surface area contributed by atoms with Crippen LogP contribution in [0.15, 0.2) is 42.5 Å². The van der Waals surface area contributed by atoms with Crippen LogP contribution < -0.4 is 4.74 Å². The molecule has 0 aliphatic carbocycles. The van der Waals surface area contributed by atoms with Gasteiger partial charge >= 0.3 is 0 Å². The molecule has 28 heavy (non-hydrogen) atoms. The zero-order valence-corrected chi connectivity index (χ0v) is 16.5. The third-order valence-electron chi connectivity index (χ3n) is 5.41. The Morgan fingerprint density at radius 2 is 1.86 bits per heavy atom. The molecule has 5 nitrogen and oxygen atoms in total. The molecule has 0 unspecified atom stereocenters. The molecule has 2 aliphatic rings. The van der Waals surface area contributed by atoms with Crippen LogP contribution in [0.2, 0.25) is 0 Å². The van der Waals surface area contributed by atoms with Crippen molar-refractivity contribution in [3.8, 4) is 5.75 Å². The van der Waals surface area contributed by atoms with Crippen molar-refractivity contribution in [2.24, 2.45) is 0 Å². The Kier molecular flexibility index (Phi) is 5.93. The SMILES string of the molecule is Cc1cccc(CC(=O)N2CCOc3ccc(CN4CCOCC4)cc3C2)c1. The highest BCUT2D eigenvalue weighted by Crippen LogP contribution is 2.25. The fraction of sp³-hybridized carbons (Fsp3) is 0.435. The van der Waals surface area contributed by atoms with E-state index in [1.165, 1.54) is 11.1 Å². The Labute approximate surface area is 166 Å². The van der Waals surface area contributed by atoms with Gasteiger partial charge in [0.1, 0.15) is 12.4 Å². The van der Waals surface area contributed by atoms with Gasteiger partial charge in [-0.2, -0.15) is 0 Å². The molecule has 1 saturated heterocycles. The average molecular weight is 380 g/mol. The summed E-state index contributed by atoms with van der Waals surface area (Å²) in [5.41, 5.74) is 4.61. The van der Waals surface area contributed by atoms with Crippen molar-refractivity contribution in [1.82, 2.24) is 9.80 Å². The quantitative estimate of drug-likeness (QED) is 0.818. The third kappa shape index (κ3) is 4.72. The van der Waals surface area contributed by atoms with Crippen LogP contribution in [0.1, 0.15) is 22.3 Å². The zero-order chi connectivity index (χ0) is 19.3. The number of benzene rings is 2. The summed E-state index contributed by atoms with van der Waals surface area (Å²) in [6.45, 7) is 8.27. The summed E-state index contributed by atoms with van der Waals surface area (Å²) in [5, 5.41) is 0. The highest BCUT2D eigenvalue weighted by Gasteiger charge is 2.21. The van der Waals surface area contributed by atoms with Gasteiger partial charge < -0.3 is 14.4 Å². The number of nitrogens with zero attached hydrogens (tertiary/aromatic N) is 2. The van der Waals surface area contributed by atoms with Crippen LogP contribution in [0, 0.1) is 6.92 Å². The lowest BCUT2D eigenvalue weighted by Crippen LogP contribution is -2.35. The molecule has 1 fully saturated rings. The first kappa shape index (κ1) is 19.0. The molecule has 2 aromatic carbocycles. The van der Waals surface area contributed by atoms with E-state index in [1.54, 1.807) is 0 Å². The van der Waals surface area contributed by atoms with Crippen molar-refractivity contribution in [3.63, 3.8) is 0 Å². The number of aryl methyl sites for hydroxylation is 1. The minimum atomic E-state index is 0.153. The zero-order valence-electron chi connectivity index (χ0n) is 16.5. The van der Waals surface area contributed by atoms with E-state index < -0.39 is 0 Å². The van der Waals surface area contributed by atoms with Crippen LogP contribution in [-0.2, 0) is 29.0 Å². The molecule has 0 aromatic heterocycles. The Hall–Kier alpha value is -2.37. The predicted octanol–water partition coefficient (Wildman–Crippen LogP) is 2.79. The molecule has 1 amide bonds. The van der Waals surface area contributed by atoms with Gasteiger partial charge in [-0.15, -0.1) is 0 Å². The Morgan fingerprint density at radius 3 is 2.68 bits per heavy atom. The minimum absolute atomic E-state index is 0.153. The summed E-state index contributed by atoms with van der Waals surface area (Å²) in [5.74, 6) is 1.05. The summed E-state index contributed by atoms with van der Waals surface area (Å²) >= 11 is 0. The molecular formula is C23H28N2O3. The van der Waals surface area contributed by atoms with Gasteiger partial charge in [0.15, 0.2) is 0 Å². The number of hydrogen-bond donors (Lipinski definition) is 0. The molecule has 2 aliphatic heterocycles. The monoisotopic (exact) mass is 380 g/mol. The summed E-state index contributed by atoms with van der Waals surface area (Å²) in [7, 11) is 0. The van der Waals surface area contributed by atoms with Gasteiger partial charge in [-0.3, -0.25) is 9.69 Å². The van der Waals surface area contributed by atoms with Crippen molar-refractivity contribution in [1.29, 1.82) is 0 Å². The fourth-order valence-corrected chi connectivity index (χ4v) is 3.88. The topological polar surface area (TPSA) is 42.0 Å². The smallest absolute Gasteiger partial charge is 0.227 e. The van der Waals surface area contributed by atoms with Gasteiger partial charge in [0.05, 0.1) is 26.2 Å². The standard InChI is InChI=1S/C23H28N2O3/c1-18-3-2-4-19(13-18)15-23(26)25-9-12-28-22-6-5-20(14-21(22)17-25)16-24-7-10-27-11-8-24/h2-6,13-14H,7-12,15-17H2,1H3. The number of fused-ring (bicyclic) bond motifs is 1. The van der Waals surface area contributed by atoms with E-state index in [2.05, 4.69) is 42.2 Å². The second-order valence-corrected chi connectivity index (χ2v) is 7.66. The Bertz CT molecular complexity index is 830. The third-order valence-corrected chi connectivity index (χ3v) is 5.41. The lowest BCUT2D eigenvalue weighted by atomic mass is 10.1. The molecule has 2 aromatic rings. The number of ether oxygens (including phenoxy) is 2. The van der Waals surface area contributed by atoms with Crippen molar-refractivity contribution in [2.75, 3.05) is 39.5 Å². The maximum absolute atomic E-state index is 12.9. The highest BCUT2D eigenvalue weighted by molar-refractivity contribution is 5.79. The first-order valence-corrected chi connectivity index (χ1v) is 10.1. The molecule has 0 spiro atoms. The largest absolute Gasteiger partial charge is 0.491 e. The molecular weight excluding hydrogens is 352 g/mol. The van der Waals surface area contributed by atoms with Crippen LogP contribution in [0.3, 0.4) is 0 Å². The Morgan fingerprint density at radius 1 is 1.00 bits per heavy atom. The van der Waals surface area contributed by atoms with Crippen LogP contribution >= 0.6 is 0 Å². The molecule has 0 saturated carbocycles. The molecule has 0 radical (unpaired) electrons. The first-order valence-electron chi connectivity index (χ1n) is 10.1. The van der Waals surface area contributed by atoms with Gasteiger partial charge in [0, 0.05) is 31.7 Å². The Balaban J connectivity index is 1.45. The van der Waals surface area contributed by atoms with Crippen LogP contribution in [0.4, 0.5) is 0 Å². The molecule has 4 rings (SSSR count). The van der Waals surface area contributed by atoms with E-state index >= 15 is 0 Å². The van der Waals surface area contributed by atoms with Crippen molar-refractivity contribution >= 4 is 5.91 Å².